The van der Waals surface area contributed by atoms with Crippen LogP contribution >= 0.6 is 0 Å². The summed E-state index contributed by atoms with van der Waals surface area (Å²) in [6.07, 6.45) is 1.69. The van der Waals surface area contributed by atoms with Gasteiger partial charge in [-0.25, -0.2) is 5.06 Å². The lowest BCUT2D eigenvalue weighted by atomic mass is 9.85. The Morgan fingerprint density at radius 3 is 2.63 bits per heavy atom. The van der Waals surface area contributed by atoms with E-state index >= 15 is 0 Å². The second-order valence-corrected chi connectivity index (χ2v) is 4.76. The molecule has 2 rings (SSSR count). The Kier molecular flexibility index (Phi) is 4.93. The first kappa shape index (κ1) is 14.0. The Hall–Kier alpha value is -1.39. The van der Waals surface area contributed by atoms with Crippen LogP contribution in [-0.2, 0) is 21.0 Å². The number of hydrogen-bond donors (Lipinski definition) is 0. The van der Waals surface area contributed by atoms with E-state index in [9.17, 15) is 4.79 Å². The van der Waals surface area contributed by atoms with Crippen LogP contribution in [0.2, 0.25) is 0 Å². The van der Waals surface area contributed by atoms with Crippen molar-refractivity contribution in [2.45, 2.75) is 32.4 Å². The van der Waals surface area contributed by atoms with Crippen LogP contribution in [0.15, 0.2) is 30.3 Å². The van der Waals surface area contributed by atoms with E-state index < -0.39 is 0 Å². The molecule has 0 unspecified atom stereocenters. The zero-order valence-corrected chi connectivity index (χ0v) is 11.5. The first-order valence-corrected chi connectivity index (χ1v) is 6.76. The van der Waals surface area contributed by atoms with Gasteiger partial charge in [0.05, 0.1) is 25.7 Å². The van der Waals surface area contributed by atoms with Crippen molar-refractivity contribution in [3.05, 3.63) is 35.9 Å². The van der Waals surface area contributed by atoms with Crippen molar-refractivity contribution < 1.29 is 14.4 Å². The number of nitrogens with zero attached hydrogens (tertiary/aromatic N) is 1. The topological polar surface area (TPSA) is 38.8 Å². The van der Waals surface area contributed by atoms with E-state index in [0.717, 1.165) is 12.8 Å². The lowest BCUT2D eigenvalue weighted by molar-refractivity contribution is -0.234. The molecule has 2 atom stereocenters. The van der Waals surface area contributed by atoms with E-state index in [2.05, 4.69) is 0 Å². The molecule has 1 aliphatic heterocycles. The van der Waals surface area contributed by atoms with Gasteiger partial charge >= 0.3 is 0 Å². The van der Waals surface area contributed by atoms with E-state index in [1.807, 2.05) is 37.3 Å². The minimum absolute atomic E-state index is 0.0954. The van der Waals surface area contributed by atoms with Crippen LogP contribution in [0.25, 0.3) is 0 Å². The summed E-state index contributed by atoms with van der Waals surface area (Å²) in [5, 5.41) is 1.47. The zero-order valence-electron chi connectivity index (χ0n) is 11.5. The first-order chi connectivity index (χ1) is 9.27. The molecule has 104 valence electrons. The number of β-lactam (4-membered cyclic amide) rings is 1. The minimum Gasteiger partial charge on any atom is -0.377 e. The van der Waals surface area contributed by atoms with Crippen LogP contribution in [-0.4, -0.2) is 30.7 Å². The van der Waals surface area contributed by atoms with Gasteiger partial charge in [-0.1, -0.05) is 37.3 Å². The number of hydroxylamine groups is 2. The molecule has 1 aliphatic rings. The molecule has 1 saturated heterocycles. The van der Waals surface area contributed by atoms with Gasteiger partial charge in [-0.05, 0) is 18.4 Å². The standard InChI is InChI=1S/C15H21NO3/c1-3-13-14(16(18-2)15(13)17)9-10-19-11-12-7-5-4-6-8-12/h4-8,13-14H,3,9-11H2,1-2H3/t13-,14-/m1/s1. The summed E-state index contributed by atoms with van der Waals surface area (Å²) in [7, 11) is 1.54. The predicted molar refractivity (Wildman–Crippen MR) is 72.1 cm³/mol. The predicted octanol–water partition coefficient (Wildman–Crippen LogP) is 2.39. The van der Waals surface area contributed by atoms with Gasteiger partial charge in [0.15, 0.2) is 0 Å². The highest BCUT2D eigenvalue weighted by Gasteiger charge is 2.46. The third-order valence-corrected chi connectivity index (χ3v) is 3.61. The summed E-state index contributed by atoms with van der Waals surface area (Å²) < 4.78 is 5.65. The van der Waals surface area contributed by atoms with E-state index in [1.165, 1.54) is 10.6 Å². The highest BCUT2D eigenvalue weighted by molar-refractivity contribution is 5.84. The zero-order chi connectivity index (χ0) is 13.7. The molecule has 0 bridgehead atoms. The molecule has 0 radical (unpaired) electrons. The minimum atomic E-state index is 0.0954. The van der Waals surface area contributed by atoms with Gasteiger partial charge < -0.3 is 4.74 Å². The van der Waals surface area contributed by atoms with Crippen LogP contribution in [0.5, 0.6) is 0 Å². The molecule has 4 nitrogen and oxygen atoms in total. The Balaban J connectivity index is 1.72. The molecule has 0 N–H and O–H groups in total. The summed E-state index contributed by atoms with van der Waals surface area (Å²) in [6, 6.07) is 10.3. The molecule has 4 heteroatoms. The fourth-order valence-electron chi connectivity index (χ4n) is 2.53. The maximum absolute atomic E-state index is 11.6. The van der Waals surface area contributed by atoms with E-state index in [4.69, 9.17) is 9.57 Å². The summed E-state index contributed by atoms with van der Waals surface area (Å²) in [6.45, 7) is 3.29. The van der Waals surface area contributed by atoms with Gasteiger partial charge in [0.2, 0.25) is 0 Å². The maximum atomic E-state index is 11.6. The molecule has 0 aliphatic carbocycles. The molecule has 0 saturated carbocycles. The molecule has 19 heavy (non-hydrogen) atoms. The van der Waals surface area contributed by atoms with Gasteiger partial charge in [-0.2, -0.15) is 0 Å². The first-order valence-electron chi connectivity index (χ1n) is 6.76. The van der Waals surface area contributed by atoms with Crippen molar-refractivity contribution >= 4 is 5.91 Å². The summed E-state index contributed by atoms with van der Waals surface area (Å²) >= 11 is 0. The molecule has 1 aromatic rings. The van der Waals surface area contributed by atoms with Crippen LogP contribution < -0.4 is 0 Å². The van der Waals surface area contributed by atoms with Gasteiger partial charge in [-0.3, -0.25) is 9.63 Å². The van der Waals surface area contributed by atoms with Crippen molar-refractivity contribution in [1.29, 1.82) is 0 Å². The van der Waals surface area contributed by atoms with Crippen molar-refractivity contribution in [2.75, 3.05) is 13.7 Å². The molecular weight excluding hydrogens is 242 g/mol. The van der Waals surface area contributed by atoms with Crippen molar-refractivity contribution in [3.8, 4) is 0 Å². The number of benzene rings is 1. The second kappa shape index (κ2) is 6.68. The van der Waals surface area contributed by atoms with Crippen molar-refractivity contribution in [1.82, 2.24) is 5.06 Å². The number of amides is 1. The third kappa shape index (κ3) is 3.14. The Morgan fingerprint density at radius 2 is 2.00 bits per heavy atom. The Morgan fingerprint density at radius 1 is 1.26 bits per heavy atom. The second-order valence-electron chi connectivity index (χ2n) is 4.76. The van der Waals surface area contributed by atoms with Crippen molar-refractivity contribution in [3.63, 3.8) is 0 Å². The Bertz CT molecular complexity index is 393. The number of carbonyl (C=O) groups is 1. The normalized spacial score (nSPS) is 22.4. The molecule has 1 aromatic carbocycles. The highest BCUT2D eigenvalue weighted by Crippen LogP contribution is 2.31. The van der Waals surface area contributed by atoms with Crippen molar-refractivity contribution in [2.24, 2.45) is 5.92 Å². The van der Waals surface area contributed by atoms with E-state index in [-0.39, 0.29) is 17.9 Å². The van der Waals surface area contributed by atoms with Crippen LogP contribution in [0.3, 0.4) is 0 Å². The summed E-state index contributed by atoms with van der Waals surface area (Å²) in [4.78, 5) is 16.7. The van der Waals surface area contributed by atoms with Crippen LogP contribution in [0.4, 0.5) is 0 Å². The molecular formula is C15H21NO3. The molecule has 0 aromatic heterocycles. The summed E-state index contributed by atoms with van der Waals surface area (Å²) in [5.41, 5.74) is 1.17. The lowest BCUT2D eigenvalue weighted by Gasteiger charge is -2.44. The van der Waals surface area contributed by atoms with E-state index in [1.54, 1.807) is 7.11 Å². The molecule has 0 spiro atoms. The van der Waals surface area contributed by atoms with Gasteiger partial charge in [0.25, 0.3) is 5.91 Å². The van der Waals surface area contributed by atoms with Crippen LogP contribution in [0, 0.1) is 5.92 Å². The quantitative estimate of drug-likeness (QED) is 0.560. The molecule has 1 heterocycles. The molecule has 1 fully saturated rings. The fourth-order valence-corrected chi connectivity index (χ4v) is 2.53. The fraction of sp³-hybridized carbons (Fsp3) is 0.533. The number of carbonyl (C=O) groups excluding carboxylic acids is 1. The number of ether oxygens (including phenoxy) is 1. The lowest BCUT2D eigenvalue weighted by Crippen LogP contribution is -2.60. The average Bonchev–Trinajstić information content (AvgIpc) is 2.44. The van der Waals surface area contributed by atoms with Gasteiger partial charge in [0.1, 0.15) is 0 Å². The van der Waals surface area contributed by atoms with Gasteiger partial charge in [0, 0.05) is 6.61 Å². The highest BCUT2D eigenvalue weighted by atomic mass is 16.7. The maximum Gasteiger partial charge on any atom is 0.251 e. The SMILES string of the molecule is CC[C@H]1C(=O)N(OC)[C@@H]1CCOCc1ccccc1. The average molecular weight is 263 g/mol. The summed E-state index contributed by atoms with van der Waals surface area (Å²) in [5.74, 6) is 0.193. The smallest absolute Gasteiger partial charge is 0.251 e. The molecule has 1 amide bonds. The Labute approximate surface area is 114 Å². The largest absolute Gasteiger partial charge is 0.377 e. The van der Waals surface area contributed by atoms with Gasteiger partial charge in [-0.15, -0.1) is 0 Å². The van der Waals surface area contributed by atoms with Crippen LogP contribution in [0.1, 0.15) is 25.3 Å². The number of rotatable bonds is 7. The monoisotopic (exact) mass is 263 g/mol. The number of hydrogen-bond acceptors (Lipinski definition) is 3. The van der Waals surface area contributed by atoms with E-state index in [0.29, 0.717) is 13.2 Å². The third-order valence-electron chi connectivity index (χ3n) is 3.61.